The van der Waals surface area contributed by atoms with E-state index in [0.29, 0.717) is 0 Å². The van der Waals surface area contributed by atoms with Gasteiger partial charge in [-0.3, -0.25) is 0 Å². The van der Waals surface area contributed by atoms with Crippen LogP contribution in [0.1, 0.15) is 33.4 Å². The summed E-state index contributed by atoms with van der Waals surface area (Å²) in [6.45, 7) is 4.32. The number of para-hydroxylation sites is 2. The molecule has 14 aromatic carbocycles. The van der Waals surface area contributed by atoms with Crippen molar-refractivity contribution in [3.05, 3.63) is 337 Å². The van der Waals surface area contributed by atoms with Crippen molar-refractivity contribution in [3.8, 4) is 44.5 Å². The maximum absolute atomic E-state index is 2.48. The molecule has 0 N–H and O–H groups in total. The lowest BCUT2D eigenvalue weighted by atomic mass is 9.67. The Morgan fingerprint density at radius 1 is 0.259 bits per heavy atom. The normalized spacial score (nSPS) is 12.4. The number of benzene rings is 14. The van der Waals surface area contributed by atoms with Gasteiger partial charge in [-0.25, -0.2) is 0 Å². The first-order valence-corrected chi connectivity index (χ1v) is 28.2. The quantitative estimate of drug-likeness (QED) is 0.119. The van der Waals surface area contributed by atoms with Crippen LogP contribution in [0.25, 0.3) is 76.8 Å². The number of fused-ring (bicyclic) bond motifs is 3. The zero-order chi connectivity index (χ0) is 54.0. The summed E-state index contributed by atoms with van der Waals surface area (Å²) in [6, 6.07) is 113. The van der Waals surface area contributed by atoms with E-state index in [1.165, 1.54) is 105 Å². The molecule has 0 fully saturated rings. The maximum atomic E-state index is 2.48. The number of rotatable bonds is 11. The highest BCUT2D eigenvalue weighted by atomic mass is 15.1. The third-order valence-electron chi connectivity index (χ3n) is 17.0. The largest absolute Gasteiger partial charge is 0.310 e. The second kappa shape index (κ2) is 19.6. The fourth-order valence-corrected chi connectivity index (χ4v) is 13.4. The molecule has 2 nitrogen and oxygen atoms in total. The molecule has 0 aromatic heterocycles. The van der Waals surface area contributed by atoms with Crippen LogP contribution in [-0.2, 0) is 5.41 Å². The van der Waals surface area contributed by atoms with E-state index in [1.807, 2.05) is 0 Å². The lowest BCUT2D eigenvalue weighted by Gasteiger charge is -2.35. The first-order valence-electron chi connectivity index (χ1n) is 28.2. The monoisotopic (exact) mass is 1030 g/mol. The Bertz CT molecular complexity index is 4610. The highest BCUT2D eigenvalue weighted by Gasteiger charge is 2.46. The predicted octanol–water partition coefficient (Wildman–Crippen LogP) is 21.5. The van der Waals surface area contributed by atoms with Crippen molar-refractivity contribution in [2.24, 2.45) is 0 Å². The second-order valence-electron chi connectivity index (χ2n) is 21.7. The van der Waals surface area contributed by atoms with Crippen molar-refractivity contribution in [2.45, 2.75) is 19.3 Å². The van der Waals surface area contributed by atoms with Crippen molar-refractivity contribution in [3.63, 3.8) is 0 Å². The Morgan fingerprint density at radius 2 is 0.667 bits per heavy atom. The van der Waals surface area contributed by atoms with Crippen LogP contribution >= 0.6 is 0 Å². The van der Waals surface area contributed by atoms with E-state index in [0.717, 1.165) is 39.7 Å². The van der Waals surface area contributed by atoms with E-state index in [2.05, 4.69) is 327 Å². The summed E-state index contributed by atoms with van der Waals surface area (Å²) in [6.07, 6.45) is 0. The minimum atomic E-state index is -0.543. The van der Waals surface area contributed by atoms with Crippen LogP contribution in [0, 0.1) is 13.8 Å². The summed E-state index contributed by atoms with van der Waals surface area (Å²) in [5, 5.41) is 7.30. The van der Waals surface area contributed by atoms with E-state index in [1.54, 1.807) is 0 Å². The first kappa shape index (κ1) is 47.9. The number of anilines is 6. The molecule has 0 saturated carbocycles. The first-order chi connectivity index (χ1) is 40.0. The molecule has 382 valence electrons. The third-order valence-corrected chi connectivity index (χ3v) is 17.0. The molecular weight excluding hydrogens is 977 g/mol. The minimum absolute atomic E-state index is 0.543. The SMILES string of the molecule is Cc1ccc(-c2ccccc2-c2ccccc2-c2cccc(N(c3ccccc3)c3ccc4ccc5c(N(c6ccccc6)c6cccc(C7(c8ccc(C)cc8)c8ccccc8-c8ccccc87)c6)ccc6ccc3c4c65)c2)cc1. The molecule has 0 heterocycles. The molecule has 81 heavy (non-hydrogen) atoms. The number of aryl methyl sites for hydroxylation is 2. The van der Waals surface area contributed by atoms with Crippen LogP contribution in [0.3, 0.4) is 0 Å². The Balaban J connectivity index is 0.899. The van der Waals surface area contributed by atoms with Gasteiger partial charge >= 0.3 is 0 Å². The van der Waals surface area contributed by atoms with Gasteiger partial charge in [-0.15, -0.1) is 0 Å². The van der Waals surface area contributed by atoms with Crippen LogP contribution < -0.4 is 9.80 Å². The van der Waals surface area contributed by atoms with Crippen LogP contribution in [0.15, 0.2) is 303 Å². The Labute approximate surface area is 474 Å². The fraction of sp³-hybridized carbons (Fsp3) is 0.0380. The number of hydrogen-bond donors (Lipinski definition) is 0. The number of nitrogens with zero attached hydrogens (tertiary/aromatic N) is 2. The van der Waals surface area contributed by atoms with E-state index in [-0.39, 0.29) is 0 Å². The van der Waals surface area contributed by atoms with Gasteiger partial charge in [0, 0.05) is 33.5 Å². The molecule has 0 spiro atoms. The van der Waals surface area contributed by atoms with Gasteiger partial charge in [-0.1, -0.05) is 254 Å². The fourth-order valence-electron chi connectivity index (χ4n) is 13.4. The zero-order valence-electron chi connectivity index (χ0n) is 45.3. The maximum Gasteiger partial charge on any atom is 0.0714 e. The minimum Gasteiger partial charge on any atom is -0.310 e. The summed E-state index contributed by atoms with van der Waals surface area (Å²) in [5.74, 6) is 0. The van der Waals surface area contributed by atoms with E-state index in [4.69, 9.17) is 0 Å². The summed E-state index contributed by atoms with van der Waals surface area (Å²) < 4.78 is 0. The van der Waals surface area contributed by atoms with Crippen LogP contribution in [-0.4, -0.2) is 0 Å². The zero-order valence-corrected chi connectivity index (χ0v) is 45.3. The van der Waals surface area contributed by atoms with E-state index in [9.17, 15) is 0 Å². The lowest BCUT2D eigenvalue weighted by molar-refractivity contribution is 0.768. The van der Waals surface area contributed by atoms with Gasteiger partial charge in [-0.2, -0.15) is 0 Å². The van der Waals surface area contributed by atoms with E-state index < -0.39 is 5.41 Å². The summed E-state index contributed by atoms with van der Waals surface area (Å²) in [5.41, 5.74) is 23.4. The molecule has 1 aliphatic carbocycles. The second-order valence-corrected chi connectivity index (χ2v) is 21.7. The number of hydrogen-bond acceptors (Lipinski definition) is 2. The van der Waals surface area contributed by atoms with Gasteiger partial charge in [0.25, 0.3) is 0 Å². The molecule has 15 rings (SSSR count). The van der Waals surface area contributed by atoms with Crippen molar-refractivity contribution >= 4 is 66.4 Å². The van der Waals surface area contributed by atoms with Crippen molar-refractivity contribution in [2.75, 3.05) is 9.80 Å². The molecule has 0 aliphatic heterocycles. The molecule has 0 radical (unpaired) electrons. The summed E-state index contributed by atoms with van der Waals surface area (Å²) >= 11 is 0. The summed E-state index contributed by atoms with van der Waals surface area (Å²) in [4.78, 5) is 4.93. The molecular formula is C79H56N2. The average molecular weight is 1030 g/mol. The molecule has 2 heteroatoms. The van der Waals surface area contributed by atoms with Crippen LogP contribution in [0.4, 0.5) is 34.1 Å². The van der Waals surface area contributed by atoms with Crippen molar-refractivity contribution in [1.82, 2.24) is 0 Å². The van der Waals surface area contributed by atoms with E-state index >= 15 is 0 Å². The smallest absolute Gasteiger partial charge is 0.0714 e. The van der Waals surface area contributed by atoms with Crippen LogP contribution in [0.5, 0.6) is 0 Å². The molecule has 0 saturated heterocycles. The topological polar surface area (TPSA) is 6.48 Å². The standard InChI is InChI=1S/C79H56N2/c1-53-35-39-55(40-36-53)65-27-9-11-29-67(65)68-30-12-10-28-66(68)58-19-17-25-63(51-58)80(61-21-5-3-6-22-61)75-49-43-56-42-48-72-76(50-44-57-41-47-71(75)77(56)78(57)72)81(62-23-7-4-8-24-62)64-26-18-20-60(52-64)79(59-45-37-54(2)38-46-59)73-33-15-13-31-69(73)70-32-14-16-34-74(70)79/h3-52H,1-2H3. The Kier molecular flexibility index (Phi) is 11.6. The highest BCUT2D eigenvalue weighted by Crippen LogP contribution is 2.57. The van der Waals surface area contributed by atoms with Gasteiger partial charge < -0.3 is 9.80 Å². The van der Waals surface area contributed by atoms with Gasteiger partial charge in [0.15, 0.2) is 0 Å². The molecule has 0 unspecified atom stereocenters. The van der Waals surface area contributed by atoms with Crippen LogP contribution in [0.2, 0.25) is 0 Å². The highest BCUT2D eigenvalue weighted by molar-refractivity contribution is 6.28. The molecule has 1 aliphatic rings. The molecule has 0 amide bonds. The lowest BCUT2D eigenvalue weighted by Crippen LogP contribution is -2.29. The van der Waals surface area contributed by atoms with Crippen molar-refractivity contribution < 1.29 is 0 Å². The average Bonchev–Trinajstić information content (AvgIpc) is 3.46. The predicted molar refractivity (Wildman–Crippen MR) is 343 cm³/mol. The summed E-state index contributed by atoms with van der Waals surface area (Å²) in [7, 11) is 0. The Hall–Kier alpha value is -10.3. The van der Waals surface area contributed by atoms with Gasteiger partial charge in [0.1, 0.15) is 0 Å². The molecule has 0 bridgehead atoms. The molecule has 0 atom stereocenters. The van der Waals surface area contributed by atoms with Gasteiger partial charge in [0.05, 0.1) is 16.8 Å². The van der Waals surface area contributed by atoms with Gasteiger partial charge in [-0.05, 0) is 163 Å². The molecule has 14 aromatic rings. The van der Waals surface area contributed by atoms with Crippen molar-refractivity contribution in [1.29, 1.82) is 0 Å². The van der Waals surface area contributed by atoms with Gasteiger partial charge in [0.2, 0.25) is 0 Å². The Morgan fingerprint density at radius 3 is 1.20 bits per heavy atom. The third kappa shape index (κ3) is 7.86.